The van der Waals surface area contributed by atoms with Crippen LogP contribution in [0.15, 0.2) is 55.1 Å². The van der Waals surface area contributed by atoms with E-state index < -0.39 is 0 Å². The van der Waals surface area contributed by atoms with Crippen LogP contribution < -0.4 is 10.6 Å². The number of carbonyl (C=O) groups excluding carboxylic acids is 1. The maximum absolute atomic E-state index is 12.9. The summed E-state index contributed by atoms with van der Waals surface area (Å²) >= 11 is 0. The molecule has 1 aliphatic heterocycles. The lowest BCUT2D eigenvalue weighted by Crippen LogP contribution is -2.49. The number of anilines is 2. The van der Waals surface area contributed by atoms with Crippen LogP contribution in [0, 0.1) is 0 Å². The number of nitrogen functional groups attached to an aromatic ring is 1. The minimum atomic E-state index is 0.0938. The number of nitrogens with zero attached hydrogens (tertiary/aromatic N) is 5. The molecule has 1 fully saturated rings. The molecule has 0 atom stereocenters. The summed E-state index contributed by atoms with van der Waals surface area (Å²) in [7, 11) is 0. The van der Waals surface area contributed by atoms with Crippen LogP contribution in [-0.2, 0) is 0 Å². The minimum Gasteiger partial charge on any atom is -0.399 e. The fraction of sp³-hybridized carbons (Fsp3) is 0.318. The van der Waals surface area contributed by atoms with Crippen LogP contribution in [-0.4, -0.2) is 51.8 Å². The van der Waals surface area contributed by atoms with Gasteiger partial charge in [-0.1, -0.05) is 26.0 Å². The van der Waals surface area contributed by atoms with E-state index in [4.69, 9.17) is 5.73 Å². The monoisotopic (exact) mass is 390 g/mol. The topological polar surface area (TPSA) is 80.3 Å². The number of rotatable bonds is 4. The first kappa shape index (κ1) is 19.0. The van der Waals surface area contributed by atoms with Crippen molar-refractivity contribution in [2.45, 2.75) is 19.8 Å². The third-order valence-corrected chi connectivity index (χ3v) is 5.43. The van der Waals surface area contributed by atoms with E-state index in [-0.39, 0.29) is 5.91 Å². The number of piperazine rings is 1. The summed E-state index contributed by atoms with van der Waals surface area (Å²) in [4.78, 5) is 17.1. The van der Waals surface area contributed by atoms with Gasteiger partial charge in [-0.3, -0.25) is 9.36 Å². The Labute approximate surface area is 170 Å². The van der Waals surface area contributed by atoms with Crippen molar-refractivity contribution in [3.05, 3.63) is 66.2 Å². The normalized spacial score (nSPS) is 14.4. The van der Waals surface area contributed by atoms with Crippen molar-refractivity contribution in [2.75, 3.05) is 36.8 Å². The highest BCUT2D eigenvalue weighted by Gasteiger charge is 2.24. The summed E-state index contributed by atoms with van der Waals surface area (Å²) in [5, 5.41) is 7.80. The molecule has 7 heteroatoms. The van der Waals surface area contributed by atoms with Crippen LogP contribution in [0.2, 0.25) is 0 Å². The summed E-state index contributed by atoms with van der Waals surface area (Å²) in [5.41, 5.74) is 10.7. The van der Waals surface area contributed by atoms with E-state index in [1.165, 1.54) is 5.56 Å². The summed E-state index contributed by atoms with van der Waals surface area (Å²) in [6.45, 7) is 7.18. The Bertz CT molecular complexity index is 973. The average Bonchev–Trinajstić information content (AvgIpc) is 3.28. The first-order valence-corrected chi connectivity index (χ1v) is 9.91. The van der Waals surface area contributed by atoms with Gasteiger partial charge in [-0.15, -0.1) is 10.2 Å². The van der Waals surface area contributed by atoms with Gasteiger partial charge in [0.25, 0.3) is 5.91 Å². The molecule has 1 saturated heterocycles. The van der Waals surface area contributed by atoms with Crippen LogP contribution in [0.25, 0.3) is 5.69 Å². The molecule has 1 aromatic heterocycles. The summed E-state index contributed by atoms with van der Waals surface area (Å²) in [5.74, 6) is 0.554. The SMILES string of the molecule is CC(C)c1ccc(C(=O)N2CCN(c3ccc(N)cc3-n3cnnc3)CC2)cc1. The summed E-state index contributed by atoms with van der Waals surface area (Å²) < 4.78 is 1.86. The van der Waals surface area contributed by atoms with Gasteiger partial charge in [0.2, 0.25) is 0 Å². The van der Waals surface area contributed by atoms with E-state index >= 15 is 0 Å². The predicted molar refractivity (Wildman–Crippen MR) is 114 cm³/mol. The Morgan fingerprint density at radius 3 is 2.21 bits per heavy atom. The number of hydrogen-bond donors (Lipinski definition) is 1. The Hall–Kier alpha value is -3.35. The highest BCUT2D eigenvalue weighted by molar-refractivity contribution is 5.94. The zero-order valence-electron chi connectivity index (χ0n) is 16.8. The highest BCUT2D eigenvalue weighted by Crippen LogP contribution is 2.28. The van der Waals surface area contributed by atoms with Crippen LogP contribution in [0.3, 0.4) is 0 Å². The first-order chi connectivity index (χ1) is 14.0. The third-order valence-electron chi connectivity index (χ3n) is 5.43. The van der Waals surface area contributed by atoms with Gasteiger partial charge in [-0.25, -0.2) is 0 Å². The molecule has 0 radical (unpaired) electrons. The van der Waals surface area contributed by atoms with Crippen LogP contribution >= 0.6 is 0 Å². The van der Waals surface area contributed by atoms with Gasteiger partial charge < -0.3 is 15.5 Å². The Morgan fingerprint density at radius 1 is 0.931 bits per heavy atom. The minimum absolute atomic E-state index is 0.0938. The number of aromatic nitrogens is 3. The van der Waals surface area contributed by atoms with E-state index in [1.807, 2.05) is 51.9 Å². The second-order valence-electron chi connectivity index (χ2n) is 7.67. The Morgan fingerprint density at radius 2 is 1.59 bits per heavy atom. The van der Waals surface area contributed by atoms with Crippen LogP contribution in [0.1, 0.15) is 35.7 Å². The Balaban J connectivity index is 1.47. The van der Waals surface area contributed by atoms with Gasteiger partial charge in [0, 0.05) is 37.4 Å². The fourth-order valence-electron chi connectivity index (χ4n) is 3.68. The average molecular weight is 390 g/mol. The standard InChI is InChI=1S/C22H26N6O/c1-16(2)17-3-5-18(6-4-17)22(29)27-11-9-26(10-12-27)20-8-7-19(23)13-21(20)28-14-24-25-15-28/h3-8,13-16H,9-12,23H2,1-2H3. The molecule has 1 amide bonds. The zero-order chi connectivity index (χ0) is 20.4. The molecule has 29 heavy (non-hydrogen) atoms. The second-order valence-corrected chi connectivity index (χ2v) is 7.67. The molecule has 2 heterocycles. The molecule has 3 aromatic rings. The molecule has 0 bridgehead atoms. The van der Waals surface area contributed by atoms with Crippen molar-refractivity contribution in [3.8, 4) is 5.69 Å². The second kappa shape index (κ2) is 7.95. The van der Waals surface area contributed by atoms with E-state index in [0.29, 0.717) is 24.7 Å². The largest absolute Gasteiger partial charge is 0.399 e. The lowest BCUT2D eigenvalue weighted by molar-refractivity contribution is 0.0747. The first-order valence-electron chi connectivity index (χ1n) is 9.91. The molecule has 7 nitrogen and oxygen atoms in total. The van der Waals surface area contributed by atoms with E-state index in [1.54, 1.807) is 12.7 Å². The third kappa shape index (κ3) is 3.94. The fourth-order valence-corrected chi connectivity index (χ4v) is 3.68. The van der Waals surface area contributed by atoms with Gasteiger partial charge >= 0.3 is 0 Å². The molecule has 1 aliphatic rings. The smallest absolute Gasteiger partial charge is 0.253 e. The van der Waals surface area contributed by atoms with Crippen LogP contribution in [0.4, 0.5) is 11.4 Å². The van der Waals surface area contributed by atoms with Crippen molar-refractivity contribution in [1.82, 2.24) is 19.7 Å². The van der Waals surface area contributed by atoms with Gasteiger partial charge in [0.15, 0.2) is 0 Å². The van der Waals surface area contributed by atoms with Gasteiger partial charge in [0.05, 0.1) is 11.4 Å². The number of hydrogen-bond acceptors (Lipinski definition) is 5. The molecule has 2 aromatic carbocycles. The quantitative estimate of drug-likeness (QED) is 0.693. The van der Waals surface area contributed by atoms with Crippen molar-refractivity contribution >= 4 is 17.3 Å². The number of carbonyl (C=O) groups is 1. The molecular formula is C22H26N6O. The van der Waals surface area contributed by atoms with Crippen molar-refractivity contribution in [2.24, 2.45) is 0 Å². The number of benzene rings is 2. The molecule has 2 N–H and O–H groups in total. The Kier molecular flexibility index (Phi) is 5.20. The van der Waals surface area contributed by atoms with Crippen molar-refractivity contribution < 1.29 is 4.79 Å². The highest BCUT2D eigenvalue weighted by atomic mass is 16.2. The molecule has 150 valence electrons. The summed E-state index contributed by atoms with van der Waals surface area (Å²) in [6.07, 6.45) is 3.33. The lowest BCUT2D eigenvalue weighted by Gasteiger charge is -2.37. The molecule has 0 spiro atoms. The number of nitrogens with two attached hydrogens (primary N) is 1. The number of amides is 1. The van der Waals surface area contributed by atoms with Gasteiger partial charge in [0.1, 0.15) is 12.7 Å². The van der Waals surface area contributed by atoms with Crippen molar-refractivity contribution in [3.63, 3.8) is 0 Å². The zero-order valence-corrected chi connectivity index (χ0v) is 16.8. The molecule has 0 unspecified atom stereocenters. The molecular weight excluding hydrogens is 364 g/mol. The van der Waals surface area contributed by atoms with Crippen molar-refractivity contribution in [1.29, 1.82) is 0 Å². The molecule has 4 rings (SSSR count). The van der Waals surface area contributed by atoms with E-state index in [9.17, 15) is 4.79 Å². The summed E-state index contributed by atoms with van der Waals surface area (Å²) in [6, 6.07) is 13.8. The van der Waals surface area contributed by atoms with E-state index in [2.05, 4.69) is 28.9 Å². The van der Waals surface area contributed by atoms with Crippen LogP contribution in [0.5, 0.6) is 0 Å². The maximum Gasteiger partial charge on any atom is 0.253 e. The molecule has 0 aliphatic carbocycles. The van der Waals surface area contributed by atoms with Gasteiger partial charge in [-0.2, -0.15) is 0 Å². The maximum atomic E-state index is 12.9. The van der Waals surface area contributed by atoms with Gasteiger partial charge in [-0.05, 0) is 41.8 Å². The predicted octanol–water partition coefficient (Wildman–Crippen LogP) is 2.94. The van der Waals surface area contributed by atoms with E-state index in [0.717, 1.165) is 30.0 Å². The lowest BCUT2D eigenvalue weighted by atomic mass is 10.0. The molecule has 0 saturated carbocycles.